The van der Waals surface area contributed by atoms with Gasteiger partial charge in [-0.1, -0.05) is 23.7 Å². The van der Waals surface area contributed by atoms with Crippen molar-refractivity contribution in [3.8, 4) is 0 Å². The number of ether oxygens (including phenoxy) is 2. The van der Waals surface area contributed by atoms with Gasteiger partial charge in [0.1, 0.15) is 6.54 Å². The van der Waals surface area contributed by atoms with Crippen LogP contribution in [0, 0.1) is 0 Å². The number of hydrogen-bond acceptors (Lipinski definition) is 6. The molecule has 2 aromatic rings. The average Bonchev–Trinajstić information content (AvgIpc) is 2.70. The third-order valence-corrected chi connectivity index (χ3v) is 4.58. The Morgan fingerprint density at radius 3 is 2.68 bits per heavy atom. The lowest BCUT2D eigenvalue weighted by Gasteiger charge is -2.29. The van der Waals surface area contributed by atoms with Gasteiger partial charge < -0.3 is 19.7 Å². The van der Waals surface area contributed by atoms with Gasteiger partial charge in [-0.2, -0.15) is 0 Å². The average molecular weight is 407 g/mol. The fourth-order valence-electron chi connectivity index (χ4n) is 2.92. The lowest BCUT2D eigenvalue weighted by molar-refractivity contribution is -0.121. The quantitative estimate of drug-likeness (QED) is 0.743. The Kier molecular flexibility index (Phi) is 7.02. The molecule has 1 aromatic carbocycles. The summed E-state index contributed by atoms with van der Waals surface area (Å²) in [5, 5.41) is 3.46. The minimum atomic E-state index is -0.287. The van der Waals surface area contributed by atoms with Crippen molar-refractivity contribution in [2.75, 3.05) is 38.3 Å². The van der Waals surface area contributed by atoms with E-state index in [0.29, 0.717) is 49.5 Å². The predicted octanol–water partition coefficient (Wildman–Crippen LogP) is 1.20. The number of nitrogens with one attached hydrogen (secondary N) is 1. The Balaban J connectivity index is 1.76. The van der Waals surface area contributed by atoms with Crippen LogP contribution in [-0.2, 0) is 34.0 Å². The van der Waals surface area contributed by atoms with Crippen molar-refractivity contribution in [3.05, 3.63) is 57.0 Å². The summed E-state index contributed by atoms with van der Waals surface area (Å²) in [6.45, 7) is 2.78. The molecular weight excluding hydrogens is 384 g/mol. The molecule has 0 spiro atoms. The first-order valence-electron chi connectivity index (χ1n) is 9.00. The zero-order chi connectivity index (χ0) is 19.9. The summed E-state index contributed by atoms with van der Waals surface area (Å²) < 4.78 is 11.9. The second-order valence-electron chi connectivity index (χ2n) is 6.41. The van der Waals surface area contributed by atoms with Crippen LogP contribution in [0.4, 0.5) is 5.95 Å². The molecule has 0 bridgehead atoms. The van der Waals surface area contributed by atoms with Crippen LogP contribution in [-0.4, -0.2) is 48.9 Å². The fraction of sp³-hybridized carbons (Fsp3) is 0.421. The Morgan fingerprint density at radius 2 is 2.00 bits per heavy atom. The molecule has 1 aliphatic rings. The van der Waals surface area contributed by atoms with E-state index < -0.39 is 0 Å². The monoisotopic (exact) mass is 406 g/mol. The van der Waals surface area contributed by atoms with Crippen LogP contribution in [0.3, 0.4) is 0 Å². The first kappa shape index (κ1) is 20.3. The van der Waals surface area contributed by atoms with Gasteiger partial charge in [-0.05, 0) is 17.7 Å². The lowest BCUT2D eigenvalue weighted by atomic mass is 10.2. The predicted molar refractivity (Wildman–Crippen MR) is 106 cm³/mol. The van der Waals surface area contributed by atoms with Gasteiger partial charge in [0, 0.05) is 37.8 Å². The number of hydrogen-bond donors (Lipinski definition) is 1. The number of morpholine rings is 1. The van der Waals surface area contributed by atoms with Crippen LogP contribution >= 0.6 is 11.6 Å². The van der Waals surface area contributed by atoms with Gasteiger partial charge in [0.15, 0.2) is 0 Å². The van der Waals surface area contributed by atoms with E-state index in [1.807, 2.05) is 17.0 Å². The number of amides is 1. The van der Waals surface area contributed by atoms with Crippen molar-refractivity contribution < 1.29 is 14.3 Å². The minimum Gasteiger partial charge on any atom is -0.378 e. The highest BCUT2D eigenvalue weighted by atomic mass is 35.5. The molecule has 1 amide bonds. The lowest BCUT2D eigenvalue weighted by Crippen LogP contribution is -2.42. The number of carbonyl (C=O) groups is 1. The number of rotatable bonds is 7. The summed E-state index contributed by atoms with van der Waals surface area (Å²) in [6.07, 6.45) is 0. The number of methoxy groups -OCH3 is 1. The van der Waals surface area contributed by atoms with Gasteiger partial charge in [0.05, 0.1) is 25.5 Å². The highest BCUT2D eigenvalue weighted by Crippen LogP contribution is 2.13. The number of nitrogens with zero attached hydrogens (tertiary/aromatic N) is 3. The first-order valence-corrected chi connectivity index (χ1v) is 9.38. The Bertz CT molecular complexity index is 863. The normalized spacial score (nSPS) is 14.1. The molecule has 2 heterocycles. The standard InChI is InChI=1S/C19H23ClN4O4/c1-27-13-16-10-18(26)24(19(22-16)23-6-8-28-9-7-23)12-17(25)21-11-14-2-4-15(20)5-3-14/h2-5,10H,6-9,11-13H2,1H3,(H,21,25). The van der Waals surface area contributed by atoms with Crippen LogP contribution < -0.4 is 15.8 Å². The Labute approximate surface area is 168 Å². The molecule has 0 radical (unpaired) electrons. The maximum Gasteiger partial charge on any atom is 0.255 e. The molecule has 0 atom stereocenters. The van der Waals surface area contributed by atoms with Crippen LogP contribution in [0.2, 0.25) is 5.02 Å². The molecule has 1 aliphatic heterocycles. The van der Waals surface area contributed by atoms with E-state index in [1.165, 1.54) is 10.6 Å². The van der Waals surface area contributed by atoms with E-state index in [-0.39, 0.29) is 24.6 Å². The van der Waals surface area contributed by atoms with E-state index in [4.69, 9.17) is 21.1 Å². The zero-order valence-electron chi connectivity index (χ0n) is 15.7. The smallest absolute Gasteiger partial charge is 0.255 e. The van der Waals surface area contributed by atoms with Gasteiger partial charge in [0.2, 0.25) is 11.9 Å². The summed E-state index contributed by atoms with van der Waals surface area (Å²) in [4.78, 5) is 31.6. The second kappa shape index (κ2) is 9.68. The van der Waals surface area contributed by atoms with Crippen molar-refractivity contribution in [2.45, 2.75) is 19.7 Å². The Hall–Kier alpha value is -2.42. The number of carbonyl (C=O) groups excluding carboxylic acids is 1. The van der Waals surface area contributed by atoms with E-state index in [9.17, 15) is 9.59 Å². The molecule has 1 fully saturated rings. The van der Waals surface area contributed by atoms with Gasteiger partial charge in [-0.25, -0.2) is 4.98 Å². The number of aromatic nitrogens is 2. The largest absolute Gasteiger partial charge is 0.378 e. The molecule has 28 heavy (non-hydrogen) atoms. The van der Waals surface area contributed by atoms with E-state index >= 15 is 0 Å². The van der Waals surface area contributed by atoms with Gasteiger partial charge in [0.25, 0.3) is 5.56 Å². The van der Waals surface area contributed by atoms with Crippen molar-refractivity contribution in [1.82, 2.24) is 14.9 Å². The Morgan fingerprint density at radius 1 is 1.29 bits per heavy atom. The van der Waals surface area contributed by atoms with Crippen LogP contribution in [0.1, 0.15) is 11.3 Å². The third kappa shape index (κ3) is 5.31. The summed E-state index contributed by atoms with van der Waals surface area (Å²) in [5.41, 5.74) is 1.17. The summed E-state index contributed by atoms with van der Waals surface area (Å²) in [6, 6.07) is 8.62. The second-order valence-corrected chi connectivity index (χ2v) is 6.84. The SMILES string of the molecule is COCc1cc(=O)n(CC(=O)NCc2ccc(Cl)cc2)c(N2CCOCC2)n1. The molecule has 3 rings (SSSR count). The third-order valence-electron chi connectivity index (χ3n) is 4.33. The molecule has 1 saturated heterocycles. The number of benzene rings is 1. The van der Waals surface area contributed by atoms with E-state index in [1.54, 1.807) is 19.2 Å². The fourth-order valence-corrected chi connectivity index (χ4v) is 3.04. The molecular formula is C19H23ClN4O4. The molecule has 0 unspecified atom stereocenters. The highest BCUT2D eigenvalue weighted by Gasteiger charge is 2.20. The van der Waals surface area contributed by atoms with E-state index in [2.05, 4.69) is 10.3 Å². The molecule has 0 saturated carbocycles. The summed E-state index contributed by atoms with van der Waals surface area (Å²) in [5.74, 6) is 0.192. The molecule has 150 valence electrons. The molecule has 1 N–H and O–H groups in total. The molecule has 0 aliphatic carbocycles. The highest BCUT2D eigenvalue weighted by molar-refractivity contribution is 6.30. The van der Waals surface area contributed by atoms with E-state index in [0.717, 1.165) is 5.56 Å². The molecule has 9 heteroatoms. The van der Waals surface area contributed by atoms with Crippen LogP contribution in [0.25, 0.3) is 0 Å². The topological polar surface area (TPSA) is 85.7 Å². The first-order chi connectivity index (χ1) is 13.6. The maximum absolute atomic E-state index is 12.6. The number of halogens is 1. The minimum absolute atomic E-state index is 0.112. The summed E-state index contributed by atoms with van der Waals surface area (Å²) in [7, 11) is 1.55. The van der Waals surface area contributed by atoms with Gasteiger partial charge >= 0.3 is 0 Å². The van der Waals surface area contributed by atoms with Gasteiger partial charge in [-0.3, -0.25) is 14.2 Å². The van der Waals surface area contributed by atoms with Crippen LogP contribution in [0.15, 0.2) is 35.1 Å². The molecule has 8 nitrogen and oxygen atoms in total. The van der Waals surface area contributed by atoms with Crippen molar-refractivity contribution in [2.24, 2.45) is 0 Å². The van der Waals surface area contributed by atoms with Crippen molar-refractivity contribution in [3.63, 3.8) is 0 Å². The summed E-state index contributed by atoms with van der Waals surface area (Å²) >= 11 is 5.87. The number of anilines is 1. The molecule has 1 aromatic heterocycles. The van der Waals surface area contributed by atoms with Crippen LogP contribution in [0.5, 0.6) is 0 Å². The maximum atomic E-state index is 12.6. The zero-order valence-corrected chi connectivity index (χ0v) is 16.4. The van der Waals surface area contributed by atoms with Gasteiger partial charge in [-0.15, -0.1) is 0 Å². The van der Waals surface area contributed by atoms with Crippen molar-refractivity contribution >= 4 is 23.5 Å². The van der Waals surface area contributed by atoms with Crippen molar-refractivity contribution in [1.29, 1.82) is 0 Å².